The predicted molar refractivity (Wildman–Crippen MR) is 78.8 cm³/mol. The van der Waals surface area contributed by atoms with Gasteiger partial charge in [-0.25, -0.2) is 0 Å². The molecular weight excluding hydrogens is 242 g/mol. The van der Waals surface area contributed by atoms with Gasteiger partial charge in [-0.3, -0.25) is 4.68 Å². The van der Waals surface area contributed by atoms with Crippen molar-refractivity contribution in [3.05, 3.63) is 29.8 Å². The van der Waals surface area contributed by atoms with E-state index in [2.05, 4.69) is 43.2 Å². The molecule has 2 N–H and O–H groups in total. The summed E-state index contributed by atoms with van der Waals surface area (Å²) >= 11 is 1.86. The van der Waals surface area contributed by atoms with Gasteiger partial charge in [-0.1, -0.05) is 26.0 Å². The molecule has 3 nitrogen and oxygen atoms in total. The summed E-state index contributed by atoms with van der Waals surface area (Å²) in [5, 5.41) is 5.06. The Morgan fingerprint density at radius 1 is 1.22 bits per heavy atom. The molecule has 0 spiro atoms. The van der Waals surface area contributed by atoms with Gasteiger partial charge in [-0.05, 0) is 19.1 Å². The van der Waals surface area contributed by atoms with E-state index in [-0.39, 0.29) is 0 Å². The molecular formula is C14H19N3S. The monoisotopic (exact) mass is 261 g/mol. The molecule has 2 rings (SSSR count). The van der Waals surface area contributed by atoms with Crippen LogP contribution in [0.25, 0.3) is 11.3 Å². The fourth-order valence-electron chi connectivity index (χ4n) is 1.88. The molecule has 0 aliphatic heterocycles. The molecule has 18 heavy (non-hydrogen) atoms. The molecule has 0 aliphatic carbocycles. The molecule has 0 radical (unpaired) electrons. The van der Waals surface area contributed by atoms with Gasteiger partial charge in [0, 0.05) is 28.3 Å². The van der Waals surface area contributed by atoms with E-state index in [9.17, 15) is 0 Å². The first-order chi connectivity index (χ1) is 8.49. The second kappa shape index (κ2) is 5.06. The number of thioether (sulfide) groups is 1. The minimum atomic E-state index is 0.600. The summed E-state index contributed by atoms with van der Waals surface area (Å²) in [7, 11) is 1.87. The molecule has 0 aliphatic rings. The van der Waals surface area contributed by atoms with Crippen LogP contribution < -0.4 is 5.73 Å². The van der Waals surface area contributed by atoms with Crippen LogP contribution in [0.3, 0.4) is 0 Å². The Hall–Kier alpha value is -1.42. The molecule has 0 saturated heterocycles. The zero-order chi connectivity index (χ0) is 13.3. The van der Waals surface area contributed by atoms with Crippen LogP contribution in [0.5, 0.6) is 0 Å². The third-order valence-electron chi connectivity index (χ3n) is 2.84. The number of anilines is 1. The molecule has 2 aromatic rings. The average Bonchev–Trinajstić information content (AvgIpc) is 2.57. The van der Waals surface area contributed by atoms with Gasteiger partial charge in [0.1, 0.15) is 5.82 Å². The highest BCUT2D eigenvalue weighted by molar-refractivity contribution is 7.99. The van der Waals surface area contributed by atoms with Crippen LogP contribution in [0.4, 0.5) is 5.82 Å². The predicted octanol–water partition coefficient (Wildman–Crippen LogP) is 3.48. The summed E-state index contributed by atoms with van der Waals surface area (Å²) in [5.41, 5.74) is 9.06. The second-order valence-electron chi connectivity index (χ2n) is 4.67. The molecule has 0 amide bonds. The molecule has 1 heterocycles. The summed E-state index contributed by atoms with van der Waals surface area (Å²) in [5.74, 6) is 0.727. The first-order valence-electron chi connectivity index (χ1n) is 6.05. The van der Waals surface area contributed by atoms with Gasteiger partial charge < -0.3 is 5.73 Å². The zero-order valence-corrected chi connectivity index (χ0v) is 12.1. The second-order valence-corrected chi connectivity index (χ2v) is 6.32. The number of nitrogens with zero attached hydrogens (tertiary/aromatic N) is 2. The Bertz CT molecular complexity index is 541. The highest BCUT2D eigenvalue weighted by Crippen LogP contribution is 2.29. The van der Waals surface area contributed by atoms with E-state index in [4.69, 9.17) is 5.73 Å². The lowest BCUT2D eigenvalue weighted by Crippen LogP contribution is -1.97. The Kier molecular flexibility index (Phi) is 3.66. The van der Waals surface area contributed by atoms with E-state index < -0.39 is 0 Å². The third-order valence-corrected chi connectivity index (χ3v) is 3.85. The van der Waals surface area contributed by atoms with Crippen molar-refractivity contribution in [2.45, 2.75) is 30.9 Å². The van der Waals surface area contributed by atoms with Gasteiger partial charge in [-0.2, -0.15) is 5.10 Å². The van der Waals surface area contributed by atoms with Crippen molar-refractivity contribution in [3.8, 4) is 11.3 Å². The topological polar surface area (TPSA) is 43.8 Å². The maximum absolute atomic E-state index is 5.93. The van der Waals surface area contributed by atoms with Crippen LogP contribution in [0.2, 0.25) is 0 Å². The minimum absolute atomic E-state index is 0.600. The number of hydrogen-bond acceptors (Lipinski definition) is 3. The molecule has 1 aromatic carbocycles. The fraction of sp³-hybridized carbons (Fsp3) is 0.357. The highest BCUT2D eigenvalue weighted by atomic mass is 32.2. The quantitative estimate of drug-likeness (QED) is 0.860. The van der Waals surface area contributed by atoms with E-state index in [1.54, 1.807) is 4.68 Å². The van der Waals surface area contributed by atoms with Crippen molar-refractivity contribution < 1.29 is 0 Å². The maximum Gasteiger partial charge on any atom is 0.124 e. The Labute approximate surface area is 112 Å². The Morgan fingerprint density at radius 2 is 1.83 bits per heavy atom. The Balaban J connectivity index is 2.31. The molecule has 0 saturated carbocycles. The smallest absolute Gasteiger partial charge is 0.124 e. The fourth-order valence-corrected chi connectivity index (χ4v) is 2.72. The van der Waals surface area contributed by atoms with Crippen LogP contribution in [-0.2, 0) is 7.05 Å². The number of aryl methyl sites for hydroxylation is 1. The number of benzene rings is 1. The molecule has 0 bridgehead atoms. The first kappa shape index (κ1) is 13.0. The number of rotatable bonds is 3. The summed E-state index contributed by atoms with van der Waals surface area (Å²) in [6.07, 6.45) is 0. The SMILES string of the molecule is Cc1c(-c2ccc(SC(C)C)cc2)nn(C)c1N. The van der Waals surface area contributed by atoms with Gasteiger partial charge in [0.25, 0.3) is 0 Å². The van der Waals surface area contributed by atoms with Gasteiger partial charge >= 0.3 is 0 Å². The standard InChI is InChI=1S/C14H19N3S/c1-9(2)18-12-7-5-11(6-8-12)13-10(3)14(15)17(4)16-13/h5-9H,15H2,1-4H3. The van der Waals surface area contributed by atoms with Crippen molar-refractivity contribution in [3.63, 3.8) is 0 Å². The van der Waals surface area contributed by atoms with E-state index in [1.165, 1.54) is 4.90 Å². The summed E-state index contributed by atoms with van der Waals surface area (Å²) in [6, 6.07) is 8.51. The van der Waals surface area contributed by atoms with E-state index >= 15 is 0 Å². The van der Waals surface area contributed by atoms with Crippen molar-refractivity contribution in [1.29, 1.82) is 0 Å². The van der Waals surface area contributed by atoms with Crippen molar-refractivity contribution in [2.75, 3.05) is 5.73 Å². The van der Waals surface area contributed by atoms with E-state index in [0.717, 1.165) is 22.6 Å². The van der Waals surface area contributed by atoms with Crippen LogP contribution in [0, 0.1) is 6.92 Å². The van der Waals surface area contributed by atoms with E-state index in [1.807, 2.05) is 25.7 Å². The summed E-state index contributed by atoms with van der Waals surface area (Å²) in [6.45, 7) is 6.40. The van der Waals surface area contributed by atoms with Crippen LogP contribution in [0.1, 0.15) is 19.4 Å². The van der Waals surface area contributed by atoms with Gasteiger partial charge in [0.15, 0.2) is 0 Å². The first-order valence-corrected chi connectivity index (χ1v) is 6.93. The molecule has 4 heteroatoms. The highest BCUT2D eigenvalue weighted by Gasteiger charge is 2.11. The number of nitrogen functional groups attached to an aromatic ring is 1. The molecule has 0 unspecified atom stereocenters. The van der Waals surface area contributed by atoms with E-state index in [0.29, 0.717) is 5.25 Å². The zero-order valence-electron chi connectivity index (χ0n) is 11.3. The van der Waals surface area contributed by atoms with Crippen LogP contribution in [-0.4, -0.2) is 15.0 Å². The van der Waals surface area contributed by atoms with Gasteiger partial charge in [0.05, 0.1) is 5.69 Å². The molecule has 0 atom stereocenters. The number of hydrogen-bond donors (Lipinski definition) is 1. The van der Waals surface area contributed by atoms with Crippen LogP contribution in [0.15, 0.2) is 29.2 Å². The van der Waals surface area contributed by atoms with Gasteiger partial charge in [-0.15, -0.1) is 11.8 Å². The van der Waals surface area contributed by atoms with Gasteiger partial charge in [0.2, 0.25) is 0 Å². The lowest BCUT2D eigenvalue weighted by atomic mass is 10.1. The summed E-state index contributed by atoms with van der Waals surface area (Å²) < 4.78 is 1.72. The molecule has 1 aromatic heterocycles. The summed E-state index contributed by atoms with van der Waals surface area (Å²) in [4.78, 5) is 1.29. The molecule has 0 fully saturated rings. The normalized spacial score (nSPS) is 11.2. The average molecular weight is 261 g/mol. The lowest BCUT2D eigenvalue weighted by molar-refractivity contribution is 0.782. The third kappa shape index (κ3) is 2.53. The number of aromatic nitrogens is 2. The van der Waals surface area contributed by atoms with Crippen molar-refractivity contribution in [2.24, 2.45) is 7.05 Å². The van der Waals surface area contributed by atoms with Crippen molar-refractivity contribution in [1.82, 2.24) is 9.78 Å². The number of nitrogens with two attached hydrogens (primary N) is 1. The molecule has 96 valence electrons. The lowest BCUT2D eigenvalue weighted by Gasteiger charge is -2.05. The minimum Gasteiger partial charge on any atom is -0.384 e. The maximum atomic E-state index is 5.93. The Morgan fingerprint density at radius 3 is 2.28 bits per heavy atom. The van der Waals surface area contributed by atoms with Crippen LogP contribution >= 0.6 is 11.8 Å². The van der Waals surface area contributed by atoms with Crippen molar-refractivity contribution >= 4 is 17.6 Å². The largest absolute Gasteiger partial charge is 0.384 e.